The maximum absolute atomic E-state index is 11.8. The molecule has 98 valence electrons. The van der Waals surface area contributed by atoms with Crippen LogP contribution in [0.4, 0.5) is 0 Å². The van der Waals surface area contributed by atoms with Crippen molar-refractivity contribution in [3.8, 4) is 0 Å². The van der Waals surface area contributed by atoms with E-state index in [1.807, 2.05) is 0 Å². The van der Waals surface area contributed by atoms with Gasteiger partial charge in [0.1, 0.15) is 6.61 Å². The van der Waals surface area contributed by atoms with E-state index in [0.29, 0.717) is 26.2 Å². The largest absolute Gasteiger partial charge is 0.481 e. The predicted octanol–water partition coefficient (Wildman–Crippen LogP) is -0.0290. The summed E-state index contributed by atoms with van der Waals surface area (Å²) >= 11 is 0. The molecule has 0 spiro atoms. The molecule has 1 saturated heterocycles. The van der Waals surface area contributed by atoms with Crippen molar-refractivity contribution < 1.29 is 24.2 Å². The Morgan fingerprint density at radius 1 is 1.41 bits per heavy atom. The number of ether oxygens (including phenoxy) is 2. The van der Waals surface area contributed by atoms with Crippen molar-refractivity contribution in [2.75, 3.05) is 33.5 Å². The second-order valence-electron chi connectivity index (χ2n) is 4.11. The molecule has 1 rings (SSSR count). The monoisotopic (exact) mass is 245 g/mol. The van der Waals surface area contributed by atoms with Gasteiger partial charge in [-0.05, 0) is 13.3 Å². The van der Waals surface area contributed by atoms with E-state index in [9.17, 15) is 9.59 Å². The molecule has 1 fully saturated rings. The number of carboxylic acid groups (broad SMARTS) is 1. The van der Waals surface area contributed by atoms with Gasteiger partial charge >= 0.3 is 5.97 Å². The zero-order valence-electron chi connectivity index (χ0n) is 10.2. The number of rotatable bonds is 6. The predicted molar refractivity (Wildman–Crippen MR) is 59.6 cm³/mol. The van der Waals surface area contributed by atoms with Crippen molar-refractivity contribution in [3.63, 3.8) is 0 Å². The first-order chi connectivity index (χ1) is 8.07. The molecule has 0 aliphatic carbocycles. The minimum atomic E-state index is -0.840. The minimum Gasteiger partial charge on any atom is -0.481 e. The average molecular weight is 245 g/mol. The van der Waals surface area contributed by atoms with Crippen LogP contribution in [0, 0.1) is 5.92 Å². The Balaban J connectivity index is 2.35. The topological polar surface area (TPSA) is 76.1 Å². The van der Waals surface area contributed by atoms with E-state index in [-0.39, 0.29) is 18.6 Å². The van der Waals surface area contributed by atoms with Crippen LogP contribution in [-0.2, 0) is 19.1 Å². The maximum atomic E-state index is 11.8. The second-order valence-corrected chi connectivity index (χ2v) is 4.11. The highest BCUT2D eigenvalue weighted by Gasteiger charge is 2.37. The van der Waals surface area contributed by atoms with E-state index in [1.165, 1.54) is 0 Å². The van der Waals surface area contributed by atoms with Gasteiger partial charge in [0.05, 0.1) is 19.1 Å². The Bertz CT molecular complexity index is 281. The lowest BCUT2D eigenvalue weighted by atomic mass is 10.0. The highest BCUT2D eigenvalue weighted by Crippen LogP contribution is 2.24. The smallest absolute Gasteiger partial charge is 0.308 e. The molecule has 6 heteroatoms. The van der Waals surface area contributed by atoms with Crippen molar-refractivity contribution in [1.82, 2.24) is 4.90 Å². The molecule has 1 aliphatic rings. The van der Waals surface area contributed by atoms with Crippen LogP contribution < -0.4 is 0 Å². The fourth-order valence-corrected chi connectivity index (χ4v) is 2.01. The summed E-state index contributed by atoms with van der Waals surface area (Å²) in [6, 6.07) is -0.258. The SMILES string of the molecule is COCCOCC(=O)N1CCC(C(=O)O)C1C. The van der Waals surface area contributed by atoms with Crippen molar-refractivity contribution in [2.24, 2.45) is 5.92 Å². The molecule has 2 atom stereocenters. The van der Waals surface area contributed by atoms with E-state index in [1.54, 1.807) is 18.9 Å². The Morgan fingerprint density at radius 2 is 2.12 bits per heavy atom. The van der Waals surface area contributed by atoms with Gasteiger partial charge in [-0.3, -0.25) is 9.59 Å². The molecule has 0 aromatic rings. The number of amides is 1. The van der Waals surface area contributed by atoms with Crippen LogP contribution in [0.15, 0.2) is 0 Å². The molecule has 1 N–H and O–H groups in total. The first-order valence-corrected chi connectivity index (χ1v) is 5.67. The van der Waals surface area contributed by atoms with Crippen LogP contribution in [0.3, 0.4) is 0 Å². The number of aliphatic carboxylic acids is 1. The molecule has 2 unspecified atom stereocenters. The number of carbonyl (C=O) groups is 2. The summed E-state index contributed by atoms with van der Waals surface area (Å²) in [6.45, 7) is 3.05. The summed E-state index contributed by atoms with van der Waals surface area (Å²) in [4.78, 5) is 24.2. The summed E-state index contributed by atoms with van der Waals surface area (Å²) in [6.07, 6.45) is 0.514. The van der Waals surface area contributed by atoms with E-state index in [4.69, 9.17) is 14.6 Å². The maximum Gasteiger partial charge on any atom is 0.308 e. The number of methoxy groups -OCH3 is 1. The highest BCUT2D eigenvalue weighted by molar-refractivity contribution is 5.80. The summed E-state index contributed by atoms with van der Waals surface area (Å²) in [5, 5.41) is 8.94. The van der Waals surface area contributed by atoms with Crippen molar-refractivity contribution >= 4 is 11.9 Å². The van der Waals surface area contributed by atoms with Gasteiger partial charge in [-0.25, -0.2) is 0 Å². The Labute approximate surface area is 100 Å². The van der Waals surface area contributed by atoms with Crippen LogP contribution >= 0.6 is 0 Å². The van der Waals surface area contributed by atoms with E-state index < -0.39 is 11.9 Å². The Hall–Kier alpha value is -1.14. The summed E-state index contributed by atoms with van der Waals surface area (Å²) in [5.74, 6) is -1.46. The third-order valence-corrected chi connectivity index (χ3v) is 3.05. The third-order valence-electron chi connectivity index (χ3n) is 3.05. The molecule has 0 aromatic heterocycles. The van der Waals surface area contributed by atoms with Gasteiger partial charge in [0.15, 0.2) is 0 Å². The number of likely N-dealkylation sites (tertiary alicyclic amines) is 1. The van der Waals surface area contributed by atoms with Crippen LogP contribution in [-0.4, -0.2) is 61.4 Å². The van der Waals surface area contributed by atoms with Crippen LogP contribution in [0.5, 0.6) is 0 Å². The van der Waals surface area contributed by atoms with E-state index >= 15 is 0 Å². The molecule has 0 aromatic carbocycles. The fourth-order valence-electron chi connectivity index (χ4n) is 2.01. The lowest BCUT2D eigenvalue weighted by molar-refractivity contribution is -0.143. The highest BCUT2D eigenvalue weighted by atomic mass is 16.5. The minimum absolute atomic E-state index is 0.0139. The average Bonchev–Trinajstić information content (AvgIpc) is 2.66. The first-order valence-electron chi connectivity index (χ1n) is 5.67. The molecule has 1 aliphatic heterocycles. The quantitative estimate of drug-likeness (QED) is 0.665. The van der Waals surface area contributed by atoms with E-state index in [0.717, 1.165) is 0 Å². The van der Waals surface area contributed by atoms with Gasteiger partial charge in [-0.2, -0.15) is 0 Å². The number of hydrogen-bond acceptors (Lipinski definition) is 4. The molecule has 1 heterocycles. The van der Waals surface area contributed by atoms with Crippen molar-refractivity contribution in [2.45, 2.75) is 19.4 Å². The van der Waals surface area contributed by atoms with E-state index in [2.05, 4.69) is 0 Å². The van der Waals surface area contributed by atoms with Crippen LogP contribution in [0.2, 0.25) is 0 Å². The number of carboxylic acids is 1. The normalized spacial score (nSPS) is 24.0. The summed E-state index contributed by atoms with van der Waals surface area (Å²) < 4.78 is 9.92. The van der Waals surface area contributed by atoms with Gasteiger partial charge in [0.25, 0.3) is 0 Å². The van der Waals surface area contributed by atoms with Crippen LogP contribution in [0.1, 0.15) is 13.3 Å². The van der Waals surface area contributed by atoms with Crippen molar-refractivity contribution in [1.29, 1.82) is 0 Å². The Morgan fingerprint density at radius 3 is 2.65 bits per heavy atom. The Kier molecular flexibility index (Phi) is 5.37. The lowest BCUT2D eigenvalue weighted by Gasteiger charge is -2.23. The zero-order valence-corrected chi connectivity index (χ0v) is 10.2. The van der Waals surface area contributed by atoms with Crippen molar-refractivity contribution in [3.05, 3.63) is 0 Å². The summed E-state index contributed by atoms with van der Waals surface area (Å²) in [7, 11) is 1.56. The molecule has 0 bridgehead atoms. The van der Waals surface area contributed by atoms with Gasteiger partial charge in [-0.1, -0.05) is 0 Å². The molecule has 1 amide bonds. The van der Waals surface area contributed by atoms with Gasteiger partial charge in [0.2, 0.25) is 5.91 Å². The molecular formula is C11H19NO5. The van der Waals surface area contributed by atoms with Gasteiger partial charge in [0, 0.05) is 19.7 Å². The first kappa shape index (κ1) is 13.9. The second kappa shape index (κ2) is 6.56. The number of nitrogens with zero attached hydrogens (tertiary/aromatic N) is 1. The molecular weight excluding hydrogens is 226 g/mol. The molecule has 0 radical (unpaired) electrons. The van der Waals surface area contributed by atoms with Crippen LogP contribution in [0.25, 0.3) is 0 Å². The van der Waals surface area contributed by atoms with Gasteiger partial charge < -0.3 is 19.5 Å². The molecule has 17 heavy (non-hydrogen) atoms. The standard InChI is InChI=1S/C11H19NO5/c1-8-9(11(14)15)3-4-12(8)10(13)7-17-6-5-16-2/h8-9H,3-7H2,1-2H3,(H,14,15). The number of hydrogen-bond donors (Lipinski definition) is 1. The third kappa shape index (κ3) is 3.67. The summed E-state index contributed by atoms with van der Waals surface area (Å²) in [5.41, 5.74) is 0. The number of carbonyl (C=O) groups excluding carboxylic acids is 1. The lowest BCUT2D eigenvalue weighted by Crippen LogP contribution is -2.39. The fraction of sp³-hybridized carbons (Fsp3) is 0.818. The zero-order chi connectivity index (χ0) is 12.8. The molecule has 0 saturated carbocycles. The van der Waals surface area contributed by atoms with Gasteiger partial charge in [-0.15, -0.1) is 0 Å². The molecule has 6 nitrogen and oxygen atoms in total.